The van der Waals surface area contributed by atoms with Crippen LogP contribution < -0.4 is 19.7 Å². The molecular formula is C42H47ClFN5O4S. The summed E-state index contributed by atoms with van der Waals surface area (Å²) in [6.07, 6.45) is 7.72. The van der Waals surface area contributed by atoms with Gasteiger partial charge in [0.15, 0.2) is 0 Å². The van der Waals surface area contributed by atoms with Gasteiger partial charge in [-0.25, -0.2) is 4.39 Å². The quantitative estimate of drug-likeness (QED) is 0.102. The number of nitroso groups, excluding NO2 is 1. The molecule has 1 atom stereocenters. The van der Waals surface area contributed by atoms with Gasteiger partial charge in [-0.05, 0) is 134 Å². The van der Waals surface area contributed by atoms with Crippen LogP contribution in [-0.2, 0) is 4.74 Å². The molecular weight excluding hydrogens is 725 g/mol. The molecule has 0 bridgehead atoms. The third-order valence-corrected chi connectivity index (χ3v) is 11.9. The second-order valence-corrected chi connectivity index (χ2v) is 15.8. The van der Waals surface area contributed by atoms with Gasteiger partial charge >= 0.3 is 0 Å². The number of rotatable bonds is 13. The van der Waals surface area contributed by atoms with E-state index < -0.39 is 5.82 Å². The fraction of sp³-hybridized carbons (Fsp3) is 0.405. The van der Waals surface area contributed by atoms with Crippen molar-refractivity contribution in [1.82, 2.24) is 9.62 Å². The SMILES string of the molecule is O=Nc1cc(SNC(=O)c2ccc(N3CCC(CN4CCCCC4c4ccc(Cl)cc4)CC3)cc2Oc2cccc(F)c2)ccc1NCC1CCOCC1. The van der Waals surface area contributed by atoms with Crippen LogP contribution in [0.5, 0.6) is 11.5 Å². The molecule has 4 aromatic rings. The molecule has 3 heterocycles. The number of nitrogens with one attached hydrogen (secondary N) is 2. The Morgan fingerprint density at radius 1 is 0.907 bits per heavy atom. The molecule has 7 rings (SSSR count). The Hall–Kier alpha value is -4.16. The highest BCUT2D eigenvalue weighted by Crippen LogP contribution is 2.37. The summed E-state index contributed by atoms with van der Waals surface area (Å²) in [5.74, 6) is 0.897. The lowest BCUT2D eigenvalue weighted by molar-refractivity contribution is 0.0699. The van der Waals surface area contributed by atoms with Crippen LogP contribution in [0.2, 0.25) is 5.02 Å². The Labute approximate surface area is 326 Å². The number of amides is 1. The molecule has 3 fully saturated rings. The zero-order chi connectivity index (χ0) is 37.3. The van der Waals surface area contributed by atoms with E-state index in [4.69, 9.17) is 21.1 Å². The minimum absolute atomic E-state index is 0.280. The summed E-state index contributed by atoms with van der Waals surface area (Å²) in [6, 6.07) is 25.6. The van der Waals surface area contributed by atoms with Crippen molar-refractivity contribution in [2.24, 2.45) is 17.0 Å². The number of anilines is 2. The summed E-state index contributed by atoms with van der Waals surface area (Å²) < 4.78 is 28.7. The van der Waals surface area contributed by atoms with Gasteiger partial charge in [-0.2, -0.15) is 0 Å². The molecule has 1 unspecified atom stereocenters. The first kappa shape index (κ1) is 38.1. The molecule has 12 heteroatoms. The first-order valence-electron chi connectivity index (χ1n) is 19.0. The molecule has 3 aliphatic rings. The molecule has 9 nitrogen and oxygen atoms in total. The van der Waals surface area contributed by atoms with Crippen LogP contribution in [0.25, 0.3) is 0 Å². The van der Waals surface area contributed by atoms with Crippen molar-refractivity contribution in [1.29, 1.82) is 0 Å². The third kappa shape index (κ3) is 9.92. The van der Waals surface area contributed by atoms with E-state index in [9.17, 15) is 14.1 Å². The number of ether oxygens (including phenoxy) is 2. The van der Waals surface area contributed by atoms with E-state index in [-0.39, 0.29) is 11.6 Å². The second-order valence-electron chi connectivity index (χ2n) is 14.5. The van der Waals surface area contributed by atoms with E-state index in [0.29, 0.717) is 45.5 Å². The fourth-order valence-corrected chi connectivity index (χ4v) is 8.53. The van der Waals surface area contributed by atoms with Gasteiger partial charge in [-0.15, -0.1) is 4.91 Å². The van der Waals surface area contributed by atoms with E-state index in [2.05, 4.69) is 37.1 Å². The predicted molar refractivity (Wildman–Crippen MR) is 215 cm³/mol. The van der Waals surface area contributed by atoms with Crippen molar-refractivity contribution in [3.8, 4) is 11.5 Å². The lowest BCUT2D eigenvalue weighted by Crippen LogP contribution is -2.41. The van der Waals surface area contributed by atoms with Gasteiger partial charge in [0.05, 0.1) is 11.3 Å². The first-order valence-corrected chi connectivity index (χ1v) is 20.2. The van der Waals surface area contributed by atoms with Crippen LogP contribution in [0, 0.1) is 22.6 Å². The van der Waals surface area contributed by atoms with Crippen LogP contribution in [0.3, 0.4) is 0 Å². The van der Waals surface area contributed by atoms with Gasteiger partial charge in [-0.3, -0.25) is 14.4 Å². The van der Waals surface area contributed by atoms with Crippen LogP contribution >= 0.6 is 23.5 Å². The average Bonchev–Trinajstić information content (AvgIpc) is 3.20. The lowest BCUT2D eigenvalue weighted by Gasteiger charge is -2.41. The Morgan fingerprint density at radius 2 is 1.72 bits per heavy atom. The van der Waals surface area contributed by atoms with Crippen molar-refractivity contribution in [3.63, 3.8) is 0 Å². The van der Waals surface area contributed by atoms with Crippen molar-refractivity contribution < 1.29 is 18.7 Å². The van der Waals surface area contributed by atoms with E-state index >= 15 is 0 Å². The zero-order valence-corrected chi connectivity index (χ0v) is 31.9. The molecule has 4 aromatic carbocycles. The Kier molecular flexibility index (Phi) is 13.0. The molecule has 0 aromatic heterocycles. The molecule has 284 valence electrons. The number of carbonyl (C=O) groups excluding carboxylic acids is 1. The van der Waals surface area contributed by atoms with Crippen LogP contribution in [0.4, 0.5) is 21.5 Å². The largest absolute Gasteiger partial charge is 0.456 e. The highest BCUT2D eigenvalue weighted by atomic mass is 35.5. The monoisotopic (exact) mass is 771 g/mol. The van der Waals surface area contributed by atoms with Gasteiger partial charge in [0.2, 0.25) is 0 Å². The summed E-state index contributed by atoms with van der Waals surface area (Å²) in [4.78, 5) is 31.0. The van der Waals surface area contributed by atoms with E-state index in [0.717, 1.165) is 94.3 Å². The maximum absolute atomic E-state index is 14.2. The summed E-state index contributed by atoms with van der Waals surface area (Å²) in [6.45, 7) is 6.21. The van der Waals surface area contributed by atoms with Crippen LogP contribution in [0.15, 0.2) is 95.0 Å². The van der Waals surface area contributed by atoms with E-state index in [1.165, 1.54) is 37.0 Å². The van der Waals surface area contributed by atoms with Gasteiger partial charge in [0, 0.05) is 73.2 Å². The molecule has 0 saturated carbocycles. The van der Waals surface area contributed by atoms with E-state index in [1.54, 1.807) is 24.3 Å². The number of halogens is 2. The number of hydrogen-bond acceptors (Lipinski definition) is 9. The third-order valence-electron chi connectivity index (χ3n) is 10.8. The number of carbonyl (C=O) groups is 1. The maximum atomic E-state index is 14.2. The fourth-order valence-electron chi connectivity index (χ4n) is 7.78. The molecule has 1 amide bonds. The first-order chi connectivity index (χ1) is 26.4. The Balaban J connectivity index is 1.00. The van der Waals surface area contributed by atoms with Crippen molar-refractivity contribution in [3.05, 3.63) is 112 Å². The standard InChI is InChI=1S/C42H47ClFN5O4S/c43-32-9-7-31(8-10-32)40-6-1-2-19-49(40)28-30-15-20-48(21-16-30)34-11-13-37(41(25-34)53-35-5-3-4-33(44)24-35)42(50)47-54-36-12-14-38(39(26-36)46-51)45-27-29-17-22-52-23-18-29/h3-5,7-14,24-26,29-30,40,45H,1-2,6,15-23,27-28H2,(H,47,50). The van der Waals surface area contributed by atoms with Crippen molar-refractivity contribution >= 4 is 46.5 Å². The highest BCUT2D eigenvalue weighted by molar-refractivity contribution is 7.98. The molecule has 0 radical (unpaired) electrons. The Morgan fingerprint density at radius 3 is 2.50 bits per heavy atom. The van der Waals surface area contributed by atoms with E-state index in [1.807, 2.05) is 36.4 Å². The number of piperidine rings is 2. The number of nitrogens with zero attached hydrogens (tertiary/aromatic N) is 3. The smallest absolute Gasteiger partial charge is 0.265 e. The summed E-state index contributed by atoms with van der Waals surface area (Å²) in [5, 5.41) is 7.35. The Bertz CT molecular complexity index is 1890. The van der Waals surface area contributed by atoms with Crippen molar-refractivity contribution in [2.45, 2.75) is 55.9 Å². The molecule has 3 saturated heterocycles. The molecule has 3 aliphatic heterocycles. The predicted octanol–water partition coefficient (Wildman–Crippen LogP) is 10.4. The summed E-state index contributed by atoms with van der Waals surface area (Å²) in [7, 11) is 0. The van der Waals surface area contributed by atoms with Gasteiger partial charge < -0.3 is 19.7 Å². The minimum Gasteiger partial charge on any atom is -0.456 e. The molecule has 0 spiro atoms. The highest BCUT2D eigenvalue weighted by Gasteiger charge is 2.29. The second kappa shape index (κ2) is 18.4. The lowest BCUT2D eigenvalue weighted by atomic mass is 9.91. The van der Waals surface area contributed by atoms with Gasteiger partial charge in [-0.1, -0.05) is 36.2 Å². The summed E-state index contributed by atoms with van der Waals surface area (Å²) >= 11 is 7.28. The van der Waals surface area contributed by atoms with Gasteiger partial charge in [0.25, 0.3) is 5.91 Å². The van der Waals surface area contributed by atoms with Gasteiger partial charge in [0.1, 0.15) is 23.0 Å². The maximum Gasteiger partial charge on any atom is 0.265 e. The van der Waals surface area contributed by atoms with Crippen molar-refractivity contribution in [2.75, 3.05) is 56.2 Å². The number of benzene rings is 4. The molecule has 0 aliphatic carbocycles. The minimum atomic E-state index is -0.426. The average molecular weight is 772 g/mol. The number of likely N-dealkylation sites (tertiary alicyclic amines) is 1. The topological polar surface area (TPSA) is 95.5 Å². The summed E-state index contributed by atoms with van der Waals surface area (Å²) in [5.41, 5.74) is 3.55. The normalized spacial score (nSPS) is 18.6. The number of hydrogen-bond donors (Lipinski definition) is 2. The molecule has 2 N–H and O–H groups in total. The van der Waals surface area contributed by atoms with Crippen LogP contribution in [-0.4, -0.2) is 56.7 Å². The zero-order valence-electron chi connectivity index (χ0n) is 30.4. The van der Waals surface area contributed by atoms with Crippen LogP contribution in [0.1, 0.15) is 66.9 Å². The molecule has 54 heavy (non-hydrogen) atoms.